The van der Waals surface area contributed by atoms with Gasteiger partial charge in [-0.3, -0.25) is 4.79 Å². The Morgan fingerprint density at radius 2 is 2.35 bits per heavy atom. The van der Waals surface area contributed by atoms with Gasteiger partial charge in [0.1, 0.15) is 16.8 Å². The van der Waals surface area contributed by atoms with E-state index in [1.54, 1.807) is 31.0 Å². The van der Waals surface area contributed by atoms with Gasteiger partial charge in [-0.05, 0) is 12.1 Å². The lowest BCUT2D eigenvalue weighted by Crippen LogP contribution is -2.41. The van der Waals surface area contributed by atoms with Crippen LogP contribution in [0.4, 0.5) is 0 Å². The van der Waals surface area contributed by atoms with E-state index in [0.29, 0.717) is 6.54 Å². The Morgan fingerprint density at radius 3 is 3.23 bits per heavy atom. The number of aromatic amines is 1. The lowest BCUT2D eigenvalue weighted by atomic mass is 10.1. The van der Waals surface area contributed by atoms with Crippen LogP contribution in [0.3, 0.4) is 0 Å². The van der Waals surface area contributed by atoms with Crippen molar-refractivity contribution >= 4 is 17.2 Å². The van der Waals surface area contributed by atoms with Gasteiger partial charge in [0.2, 0.25) is 5.91 Å². The molecule has 1 aliphatic heterocycles. The smallest absolute Gasteiger partial charge is 0.243 e. The number of nitrogens with one attached hydrogen (secondary N) is 3. The molecule has 1 aromatic carbocycles. The average Bonchev–Trinajstić information content (AvgIpc) is 3.35. The maximum atomic E-state index is 12.5. The number of hydrogen-bond donors (Lipinski definition) is 3. The van der Waals surface area contributed by atoms with Crippen molar-refractivity contribution in [3.8, 4) is 16.3 Å². The number of benzene rings is 1. The van der Waals surface area contributed by atoms with E-state index >= 15 is 0 Å². The molecule has 0 spiro atoms. The van der Waals surface area contributed by atoms with E-state index in [-0.39, 0.29) is 5.91 Å². The molecule has 4 rings (SSSR count). The Hall–Kier alpha value is -2.71. The summed E-state index contributed by atoms with van der Waals surface area (Å²) in [6.07, 6.45) is 4.30. The predicted molar refractivity (Wildman–Crippen MR) is 99.0 cm³/mol. The van der Waals surface area contributed by atoms with Gasteiger partial charge < -0.3 is 20.4 Å². The van der Waals surface area contributed by atoms with Gasteiger partial charge in [0, 0.05) is 35.3 Å². The van der Waals surface area contributed by atoms with E-state index in [4.69, 9.17) is 4.74 Å². The summed E-state index contributed by atoms with van der Waals surface area (Å²) in [5.74, 6) is 0.722. The Morgan fingerprint density at radius 1 is 1.42 bits per heavy atom. The summed E-state index contributed by atoms with van der Waals surface area (Å²) in [7, 11) is 1.64. The Balaban J connectivity index is 1.41. The van der Waals surface area contributed by atoms with Crippen LogP contribution in [0.1, 0.15) is 22.3 Å². The zero-order chi connectivity index (χ0) is 17.9. The van der Waals surface area contributed by atoms with Gasteiger partial charge in [-0.1, -0.05) is 12.1 Å². The Kier molecular flexibility index (Phi) is 4.68. The number of rotatable bonds is 5. The molecule has 3 heterocycles. The molecule has 3 N–H and O–H groups in total. The number of fused-ring (bicyclic) bond motifs is 1. The molecule has 0 saturated heterocycles. The Bertz CT molecular complexity index is 920. The number of hydrogen-bond acceptors (Lipinski definition) is 6. The van der Waals surface area contributed by atoms with Gasteiger partial charge in [0.15, 0.2) is 0 Å². The van der Waals surface area contributed by atoms with Crippen molar-refractivity contribution in [2.75, 3.05) is 13.7 Å². The molecule has 0 fully saturated rings. The number of methoxy groups -OCH3 is 1. The molecule has 1 aliphatic rings. The molecule has 26 heavy (non-hydrogen) atoms. The fourth-order valence-electron chi connectivity index (χ4n) is 2.99. The van der Waals surface area contributed by atoms with Gasteiger partial charge in [-0.25, -0.2) is 9.97 Å². The Labute approximate surface area is 154 Å². The summed E-state index contributed by atoms with van der Waals surface area (Å²) >= 11 is 1.56. The average molecular weight is 369 g/mol. The van der Waals surface area contributed by atoms with Crippen LogP contribution in [0.2, 0.25) is 0 Å². The third kappa shape index (κ3) is 3.33. The fourth-order valence-corrected chi connectivity index (χ4v) is 3.84. The van der Waals surface area contributed by atoms with Crippen molar-refractivity contribution in [1.29, 1.82) is 0 Å². The van der Waals surface area contributed by atoms with Gasteiger partial charge in [0.05, 0.1) is 25.7 Å². The summed E-state index contributed by atoms with van der Waals surface area (Å²) in [6.45, 7) is 1.20. The molecule has 0 bridgehead atoms. The quantitative estimate of drug-likeness (QED) is 0.640. The zero-order valence-electron chi connectivity index (χ0n) is 14.3. The van der Waals surface area contributed by atoms with Crippen LogP contribution in [0.15, 0.2) is 36.8 Å². The lowest BCUT2D eigenvalue weighted by Gasteiger charge is -2.21. The molecule has 1 amide bonds. The largest absolute Gasteiger partial charge is 0.497 e. The van der Waals surface area contributed by atoms with E-state index in [1.165, 1.54) is 0 Å². The highest BCUT2D eigenvalue weighted by molar-refractivity contribution is 7.15. The molecule has 2 aromatic heterocycles. The van der Waals surface area contributed by atoms with Gasteiger partial charge in [-0.15, -0.1) is 11.3 Å². The monoisotopic (exact) mass is 369 g/mol. The van der Waals surface area contributed by atoms with Crippen molar-refractivity contribution in [1.82, 2.24) is 25.6 Å². The van der Waals surface area contributed by atoms with E-state index in [9.17, 15) is 4.79 Å². The summed E-state index contributed by atoms with van der Waals surface area (Å²) in [6, 6.07) is 7.38. The fraction of sp³-hybridized carbons (Fsp3) is 0.278. The van der Waals surface area contributed by atoms with Crippen LogP contribution in [-0.4, -0.2) is 34.5 Å². The summed E-state index contributed by atoms with van der Waals surface area (Å²) < 4.78 is 5.26. The summed E-state index contributed by atoms with van der Waals surface area (Å²) in [4.78, 5) is 25.4. The third-order valence-corrected chi connectivity index (χ3v) is 5.36. The number of amides is 1. The van der Waals surface area contributed by atoms with Gasteiger partial charge in [0.25, 0.3) is 0 Å². The third-order valence-electron chi connectivity index (χ3n) is 4.32. The zero-order valence-corrected chi connectivity index (χ0v) is 15.1. The second-order valence-electron chi connectivity index (χ2n) is 5.98. The minimum Gasteiger partial charge on any atom is -0.497 e. The van der Waals surface area contributed by atoms with Gasteiger partial charge in [-0.2, -0.15) is 0 Å². The molecule has 0 radical (unpaired) electrons. The van der Waals surface area contributed by atoms with Crippen LogP contribution < -0.4 is 15.4 Å². The van der Waals surface area contributed by atoms with Crippen LogP contribution >= 0.6 is 11.3 Å². The maximum absolute atomic E-state index is 12.5. The minimum absolute atomic E-state index is 0.0746. The van der Waals surface area contributed by atoms with Crippen LogP contribution in [0, 0.1) is 0 Å². The first-order chi connectivity index (χ1) is 12.7. The molecular weight excluding hydrogens is 350 g/mol. The first-order valence-corrected chi connectivity index (χ1v) is 9.18. The second-order valence-corrected chi connectivity index (χ2v) is 7.10. The molecule has 3 aromatic rings. The second kappa shape index (κ2) is 7.27. The SMILES string of the molecule is COc1cccc(-c2ncc(CNC(=O)[C@@H]3NCCc4[nH]cnc43)s2)c1. The highest BCUT2D eigenvalue weighted by atomic mass is 32.1. The number of H-pyrrole nitrogens is 1. The van der Waals surface area contributed by atoms with Crippen molar-refractivity contribution in [3.63, 3.8) is 0 Å². The molecule has 1 atom stereocenters. The van der Waals surface area contributed by atoms with Crippen molar-refractivity contribution < 1.29 is 9.53 Å². The van der Waals surface area contributed by atoms with E-state index in [2.05, 4.69) is 25.6 Å². The van der Waals surface area contributed by atoms with Gasteiger partial charge >= 0.3 is 0 Å². The molecule has 134 valence electrons. The number of aromatic nitrogens is 3. The molecule has 7 nitrogen and oxygen atoms in total. The number of carbonyl (C=O) groups excluding carboxylic acids is 1. The molecule has 0 saturated carbocycles. The minimum atomic E-state index is -0.407. The number of carbonyl (C=O) groups is 1. The maximum Gasteiger partial charge on any atom is 0.243 e. The van der Waals surface area contributed by atoms with E-state index in [0.717, 1.165) is 45.6 Å². The predicted octanol–water partition coefficient (Wildman–Crippen LogP) is 2.04. The van der Waals surface area contributed by atoms with E-state index in [1.807, 2.05) is 24.3 Å². The number of nitrogens with zero attached hydrogens (tertiary/aromatic N) is 2. The standard InChI is InChI=1S/C18H19N5O2S/c1-25-12-4-2-3-11(7-12)18-21-9-13(26-18)8-20-17(24)16-15-14(5-6-19-16)22-10-23-15/h2-4,7,9-10,16,19H,5-6,8H2,1H3,(H,20,24)(H,22,23)/t16-/m1/s1. The lowest BCUT2D eigenvalue weighted by molar-refractivity contribution is -0.123. The molecular formula is C18H19N5O2S. The summed E-state index contributed by atoms with van der Waals surface area (Å²) in [5, 5.41) is 7.10. The van der Waals surface area contributed by atoms with Crippen LogP contribution in [0.25, 0.3) is 10.6 Å². The van der Waals surface area contributed by atoms with Crippen molar-refractivity contribution in [2.45, 2.75) is 19.0 Å². The summed E-state index contributed by atoms with van der Waals surface area (Å²) in [5.41, 5.74) is 2.82. The van der Waals surface area contributed by atoms with Crippen LogP contribution in [0.5, 0.6) is 5.75 Å². The normalized spacial score (nSPS) is 16.1. The molecule has 8 heteroatoms. The highest BCUT2D eigenvalue weighted by Crippen LogP contribution is 2.28. The first-order valence-electron chi connectivity index (χ1n) is 8.37. The molecule has 0 unspecified atom stereocenters. The topological polar surface area (TPSA) is 91.9 Å². The number of ether oxygens (including phenoxy) is 1. The van der Waals surface area contributed by atoms with Crippen molar-refractivity contribution in [2.24, 2.45) is 0 Å². The molecule has 0 aliphatic carbocycles. The van der Waals surface area contributed by atoms with Crippen LogP contribution in [-0.2, 0) is 17.8 Å². The van der Waals surface area contributed by atoms with E-state index < -0.39 is 6.04 Å². The van der Waals surface area contributed by atoms with Crippen molar-refractivity contribution in [3.05, 3.63) is 53.1 Å². The number of imidazole rings is 1. The number of thiazole rings is 1. The first kappa shape index (κ1) is 16.7. The highest BCUT2D eigenvalue weighted by Gasteiger charge is 2.28.